The maximum Gasteiger partial charge on any atom is 0.255 e. The number of halogens is 1. The highest BCUT2D eigenvalue weighted by Gasteiger charge is 2.24. The fourth-order valence-corrected chi connectivity index (χ4v) is 6.20. The number of fused-ring (bicyclic) bond motifs is 1. The summed E-state index contributed by atoms with van der Waals surface area (Å²) in [5.74, 6) is -1.18. The van der Waals surface area contributed by atoms with Crippen LogP contribution in [-0.2, 0) is 15.6 Å². The third-order valence-electron chi connectivity index (χ3n) is 4.87. The first kappa shape index (κ1) is 19.1. The van der Waals surface area contributed by atoms with Crippen LogP contribution in [0.25, 0.3) is 10.8 Å². The van der Waals surface area contributed by atoms with Crippen molar-refractivity contribution in [1.29, 1.82) is 0 Å². The van der Waals surface area contributed by atoms with E-state index >= 15 is 0 Å². The lowest BCUT2D eigenvalue weighted by Gasteiger charge is -2.30. The highest BCUT2D eigenvalue weighted by molar-refractivity contribution is 7.92. The van der Waals surface area contributed by atoms with Gasteiger partial charge in [-0.1, -0.05) is 0 Å². The second-order valence-electron chi connectivity index (χ2n) is 6.93. The predicted octanol–water partition coefficient (Wildman–Crippen LogP) is 2.66. The molecule has 1 aliphatic heterocycles. The molecular weight excluding hydrogens is 403 g/mol. The van der Waals surface area contributed by atoms with Crippen molar-refractivity contribution in [2.75, 3.05) is 18.0 Å². The van der Waals surface area contributed by atoms with E-state index in [2.05, 4.69) is 4.98 Å². The number of H-pyrrole nitrogens is 1. The molecule has 1 aromatic carbocycles. The minimum Gasteiger partial charge on any atom is -0.391 e. The average molecular weight is 423 g/mol. The lowest BCUT2D eigenvalue weighted by molar-refractivity contribution is 0.154. The molecule has 0 bridgehead atoms. The van der Waals surface area contributed by atoms with E-state index in [-0.39, 0.29) is 15.2 Å². The molecule has 148 valence electrons. The van der Waals surface area contributed by atoms with Gasteiger partial charge in [0.25, 0.3) is 5.56 Å². The van der Waals surface area contributed by atoms with Gasteiger partial charge in [-0.3, -0.25) is 4.79 Å². The number of β-amino-alcohol motifs (C(OH)–C–C–N with tert-alkyl or cyclic N) is 1. The molecule has 0 unspecified atom stereocenters. The Kier molecular flexibility index (Phi) is 4.98. The van der Waals surface area contributed by atoms with E-state index in [0.717, 1.165) is 35.7 Å². The largest absolute Gasteiger partial charge is 0.391 e. The van der Waals surface area contributed by atoms with Gasteiger partial charge in [0, 0.05) is 30.2 Å². The summed E-state index contributed by atoms with van der Waals surface area (Å²) >= 11 is 1.12. The van der Waals surface area contributed by atoms with Gasteiger partial charge in [-0.25, -0.2) is 12.8 Å². The summed E-state index contributed by atoms with van der Waals surface area (Å²) < 4.78 is 40.2. The van der Waals surface area contributed by atoms with Crippen LogP contribution in [0.3, 0.4) is 0 Å². The number of aliphatic hydroxyl groups is 1. The van der Waals surface area contributed by atoms with Crippen molar-refractivity contribution in [3.05, 3.63) is 58.3 Å². The highest BCUT2D eigenvalue weighted by atomic mass is 32.2. The molecule has 1 saturated heterocycles. The van der Waals surface area contributed by atoms with E-state index in [1.54, 1.807) is 12.1 Å². The molecule has 0 spiro atoms. The van der Waals surface area contributed by atoms with Crippen molar-refractivity contribution in [2.45, 2.75) is 28.9 Å². The Hall–Kier alpha value is -2.23. The van der Waals surface area contributed by atoms with E-state index in [1.165, 1.54) is 24.4 Å². The van der Waals surface area contributed by atoms with Crippen molar-refractivity contribution in [2.24, 2.45) is 0 Å². The minimum atomic E-state index is -3.77. The molecular formula is C19H19FN2O4S2. The number of hydrogen-bond acceptors (Lipinski definition) is 6. The molecule has 3 aromatic rings. The summed E-state index contributed by atoms with van der Waals surface area (Å²) in [5, 5.41) is 11.3. The third kappa shape index (κ3) is 3.69. The number of thiophene rings is 1. The van der Waals surface area contributed by atoms with Crippen LogP contribution < -0.4 is 10.5 Å². The van der Waals surface area contributed by atoms with E-state index in [9.17, 15) is 22.7 Å². The summed E-state index contributed by atoms with van der Waals surface area (Å²) in [7, 11) is -3.77. The molecule has 2 aromatic heterocycles. The van der Waals surface area contributed by atoms with Gasteiger partial charge in [0.15, 0.2) is 9.84 Å². The molecule has 2 N–H and O–H groups in total. The van der Waals surface area contributed by atoms with Crippen molar-refractivity contribution < 1.29 is 17.9 Å². The first-order valence-corrected chi connectivity index (χ1v) is 11.4. The standard InChI is InChI=1S/C19H19FN2O4S2/c20-16-9-12-5-6-21-19(24)15(12)8-13(16)11-28(25,26)18-4-3-17(27-18)22-7-1-2-14(23)10-22/h3-6,8-9,14,23H,1-2,7,10-11H2,(H,21,24)/t14-/m0/s1. The molecule has 0 saturated carbocycles. The van der Waals surface area contributed by atoms with Crippen LogP contribution in [0, 0.1) is 5.82 Å². The van der Waals surface area contributed by atoms with Crippen molar-refractivity contribution in [1.82, 2.24) is 4.98 Å². The first-order chi connectivity index (χ1) is 13.3. The molecule has 0 aliphatic carbocycles. The number of nitrogens with one attached hydrogen (secondary N) is 1. The van der Waals surface area contributed by atoms with E-state index in [4.69, 9.17) is 0 Å². The molecule has 4 rings (SSSR count). The highest BCUT2D eigenvalue weighted by Crippen LogP contribution is 2.33. The number of rotatable bonds is 4. The zero-order valence-corrected chi connectivity index (χ0v) is 16.5. The first-order valence-electron chi connectivity index (χ1n) is 8.89. The van der Waals surface area contributed by atoms with Crippen LogP contribution >= 0.6 is 11.3 Å². The van der Waals surface area contributed by atoms with E-state index in [1.807, 2.05) is 4.90 Å². The molecule has 1 aliphatic rings. The van der Waals surface area contributed by atoms with Crippen molar-refractivity contribution in [3.8, 4) is 0 Å². The van der Waals surface area contributed by atoms with Crippen LogP contribution in [0.15, 0.2) is 45.5 Å². The molecule has 1 fully saturated rings. The van der Waals surface area contributed by atoms with Gasteiger partial charge < -0.3 is 15.0 Å². The number of hydrogen-bond donors (Lipinski definition) is 2. The Morgan fingerprint density at radius 3 is 2.89 bits per heavy atom. The maximum absolute atomic E-state index is 14.4. The van der Waals surface area contributed by atoms with Crippen LogP contribution in [0.4, 0.5) is 9.39 Å². The lowest BCUT2D eigenvalue weighted by Crippen LogP contribution is -2.37. The normalized spacial score (nSPS) is 17.9. The summed E-state index contributed by atoms with van der Waals surface area (Å²) in [6.45, 7) is 1.24. The summed E-state index contributed by atoms with van der Waals surface area (Å²) in [5.41, 5.74) is -0.425. The summed E-state index contributed by atoms with van der Waals surface area (Å²) in [6, 6.07) is 7.29. The number of aromatic amines is 1. The van der Waals surface area contributed by atoms with Crippen LogP contribution in [0.2, 0.25) is 0 Å². The monoisotopic (exact) mass is 422 g/mol. The number of nitrogens with zero attached hydrogens (tertiary/aromatic N) is 1. The second kappa shape index (κ2) is 7.31. The SMILES string of the molecule is O=c1[nH]ccc2cc(F)c(CS(=O)(=O)c3ccc(N4CCC[C@H](O)C4)s3)cc12. The molecule has 3 heterocycles. The summed E-state index contributed by atoms with van der Waals surface area (Å²) in [6.07, 6.45) is 2.59. The van der Waals surface area contributed by atoms with Gasteiger partial charge in [0.1, 0.15) is 10.0 Å². The summed E-state index contributed by atoms with van der Waals surface area (Å²) in [4.78, 5) is 16.4. The smallest absolute Gasteiger partial charge is 0.255 e. The molecule has 6 nitrogen and oxygen atoms in total. The van der Waals surface area contributed by atoms with E-state index in [0.29, 0.717) is 11.9 Å². The Morgan fingerprint density at radius 1 is 1.29 bits per heavy atom. The Labute approximate surface area is 165 Å². The van der Waals surface area contributed by atoms with Crippen LogP contribution in [0.5, 0.6) is 0 Å². The minimum absolute atomic E-state index is 0.0347. The van der Waals surface area contributed by atoms with Gasteiger partial charge >= 0.3 is 0 Å². The Morgan fingerprint density at radius 2 is 2.11 bits per heavy atom. The number of aliphatic hydroxyl groups excluding tert-OH is 1. The zero-order valence-electron chi connectivity index (χ0n) is 14.9. The quantitative estimate of drug-likeness (QED) is 0.675. The fraction of sp³-hybridized carbons (Fsp3) is 0.316. The number of pyridine rings is 1. The average Bonchev–Trinajstić information content (AvgIpc) is 3.14. The van der Waals surface area contributed by atoms with Crippen molar-refractivity contribution in [3.63, 3.8) is 0 Å². The van der Waals surface area contributed by atoms with Crippen LogP contribution in [0.1, 0.15) is 18.4 Å². The Balaban J connectivity index is 1.63. The van der Waals surface area contributed by atoms with Gasteiger partial charge in [-0.05, 0) is 48.6 Å². The van der Waals surface area contributed by atoms with Crippen molar-refractivity contribution >= 4 is 36.9 Å². The molecule has 0 radical (unpaired) electrons. The topological polar surface area (TPSA) is 90.5 Å². The van der Waals surface area contributed by atoms with Gasteiger partial charge in [-0.15, -0.1) is 11.3 Å². The number of piperidine rings is 1. The van der Waals surface area contributed by atoms with Gasteiger partial charge in [0.05, 0.1) is 16.9 Å². The molecule has 9 heteroatoms. The number of sulfone groups is 1. The van der Waals surface area contributed by atoms with Gasteiger partial charge in [0.2, 0.25) is 0 Å². The lowest BCUT2D eigenvalue weighted by atomic mass is 10.1. The van der Waals surface area contributed by atoms with Gasteiger partial charge in [-0.2, -0.15) is 0 Å². The Bertz CT molecular complexity index is 1190. The molecule has 28 heavy (non-hydrogen) atoms. The molecule has 1 atom stereocenters. The number of benzene rings is 1. The third-order valence-corrected chi connectivity index (χ3v) is 8.26. The maximum atomic E-state index is 14.4. The zero-order chi connectivity index (χ0) is 19.9. The number of anilines is 1. The fourth-order valence-electron chi connectivity index (χ4n) is 3.44. The second-order valence-corrected chi connectivity index (χ2v) is 10.2. The number of aromatic nitrogens is 1. The molecule has 0 amide bonds. The predicted molar refractivity (Wildman–Crippen MR) is 107 cm³/mol. The van der Waals surface area contributed by atoms with E-state index < -0.39 is 33.1 Å². The van der Waals surface area contributed by atoms with Crippen LogP contribution in [-0.4, -0.2) is 37.7 Å².